The van der Waals surface area contributed by atoms with Gasteiger partial charge in [-0.2, -0.15) is 0 Å². The molecule has 0 unspecified atom stereocenters. The third-order valence-electron chi connectivity index (χ3n) is 3.72. The van der Waals surface area contributed by atoms with Gasteiger partial charge in [0.2, 0.25) is 10.0 Å². The minimum atomic E-state index is -3.23. The molecule has 0 aliphatic heterocycles. The Labute approximate surface area is 157 Å². The average molecular weight is 392 g/mol. The van der Waals surface area contributed by atoms with Crippen molar-refractivity contribution in [2.45, 2.75) is 13.3 Å². The summed E-state index contributed by atoms with van der Waals surface area (Å²) in [6.45, 7) is 1.68. The molecule has 0 saturated heterocycles. The fourth-order valence-electron chi connectivity index (χ4n) is 2.36. The van der Waals surface area contributed by atoms with Gasteiger partial charge in [0.25, 0.3) is 0 Å². The molecule has 0 aromatic heterocycles. The zero-order valence-electron chi connectivity index (χ0n) is 15.0. The van der Waals surface area contributed by atoms with Crippen LogP contribution in [-0.2, 0) is 16.4 Å². The minimum absolute atomic E-state index is 0.0439. The van der Waals surface area contributed by atoms with Gasteiger partial charge in [0, 0.05) is 18.2 Å². The van der Waals surface area contributed by atoms with Crippen LogP contribution in [0, 0.1) is 17.0 Å². The zero-order chi connectivity index (χ0) is 20.0. The van der Waals surface area contributed by atoms with E-state index in [0.717, 1.165) is 17.4 Å². The van der Waals surface area contributed by atoms with Crippen LogP contribution in [0.4, 0.5) is 5.69 Å². The molecule has 0 saturated carbocycles. The standard InChI is InChI=1S/C18H20N2O6S/c1-13-3-8-18(16(11-13)20(22)23)26-12-17(21)15-6-4-14(5-7-15)9-10-19-27(2,24)25/h3-8,11,19H,9-10,12H2,1-2H3. The minimum Gasteiger partial charge on any atom is -0.478 e. The van der Waals surface area contributed by atoms with Crippen LogP contribution >= 0.6 is 0 Å². The molecule has 0 amide bonds. The quantitative estimate of drug-likeness (QED) is 0.397. The van der Waals surface area contributed by atoms with Gasteiger partial charge >= 0.3 is 5.69 Å². The summed E-state index contributed by atoms with van der Waals surface area (Å²) in [5.41, 5.74) is 1.82. The maximum absolute atomic E-state index is 12.2. The van der Waals surface area contributed by atoms with Crippen molar-refractivity contribution >= 4 is 21.5 Å². The molecule has 8 nitrogen and oxygen atoms in total. The Morgan fingerprint density at radius 3 is 2.44 bits per heavy atom. The summed E-state index contributed by atoms with van der Waals surface area (Å²) >= 11 is 0. The number of aryl methyl sites for hydroxylation is 1. The van der Waals surface area contributed by atoms with Gasteiger partial charge in [-0.15, -0.1) is 0 Å². The van der Waals surface area contributed by atoms with Gasteiger partial charge in [0.05, 0.1) is 11.2 Å². The number of Topliss-reactive ketones (excluding diaryl/α,β-unsaturated/α-hetero) is 1. The lowest BCUT2D eigenvalue weighted by Crippen LogP contribution is -2.24. The molecule has 2 rings (SSSR count). The lowest BCUT2D eigenvalue weighted by Gasteiger charge is -2.08. The van der Waals surface area contributed by atoms with E-state index in [1.165, 1.54) is 12.1 Å². The second kappa shape index (κ2) is 8.74. The van der Waals surface area contributed by atoms with Gasteiger partial charge in [0.15, 0.2) is 18.1 Å². The fourth-order valence-corrected chi connectivity index (χ4v) is 2.83. The largest absolute Gasteiger partial charge is 0.478 e. The van der Waals surface area contributed by atoms with E-state index >= 15 is 0 Å². The first-order chi connectivity index (χ1) is 12.7. The van der Waals surface area contributed by atoms with Crippen LogP contribution in [0.3, 0.4) is 0 Å². The Balaban J connectivity index is 1.96. The molecule has 2 aromatic rings. The lowest BCUT2D eigenvalue weighted by molar-refractivity contribution is -0.385. The molecule has 0 heterocycles. The van der Waals surface area contributed by atoms with E-state index in [9.17, 15) is 23.3 Å². The summed E-state index contributed by atoms with van der Waals surface area (Å²) in [4.78, 5) is 22.8. The summed E-state index contributed by atoms with van der Waals surface area (Å²) in [6.07, 6.45) is 1.58. The van der Waals surface area contributed by atoms with Gasteiger partial charge < -0.3 is 4.74 Å². The first-order valence-electron chi connectivity index (χ1n) is 8.10. The van der Waals surface area contributed by atoms with Gasteiger partial charge in [-0.1, -0.05) is 30.3 Å². The van der Waals surface area contributed by atoms with Crippen molar-refractivity contribution in [1.29, 1.82) is 0 Å². The Morgan fingerprint density at radius 1 is 1.19 bits per heavy atom. The van der Waals surface area contributed by atoms with Crippen molar-refractivity contribution < 1.29 is 22.9 Å². The number of benzene rings is 2. The smallest absolute Gasteiger partial charge is 0.311 e. The number of ketones is 1. The lowest BCUT2D eigenvalue weighted by atomic mass is 10.1. The summed E-state index contributed by atoms with van der Waals surface area (Å²) in [5.74, 6) is -0.270. The van der Waals surface area contributed by atoms with Gasteiger partial charge in [0.1, 0.15) is 0 Å². The number of hydrogen-bond acceptors (Lipinski definition) is 6. The highest BCUT2D eigenvalue weighted by atomic mass is 32.2. The van der Waals surface area contributed by atoms with Crippen molar-refractivity contribution in [3.8, 4) is 5.75 Å². The Kier molecular flexibility index (Phi) is 6.65. The number of carbonyl (C=O) groups excluding carboxylic acids is 1. The number of nitrogens with one attached hydrogen (secondary N) is 1. The van der Waals surface area contributed by atoms with Crippen molar-refractivity contribution in [3.63, 3.8) is 0 Å². The SMILES string of the molecule is Cc1ccc(OCC(=O)c2ccc(CCNS(C)(=O)=O)cc2)c([N+](=O)[O-])c1. The monoisotopic (exact) mass is 392 g/mol. The van der Waals surface area contributed by atoms with Crippen LogP contribution in [0.25, 0.3) is 0 Å². The highest BCUT2D eigenvalue weighted by Crippen LogP contribution is 2.27. The van der Waals surface area contributed by atoms with Crippen LogP contribution in [0.15, 0.2) is 42.5 Å². The van der Waals surface area contributed by atoms with Crippen LogP contribution in [0.2, 0.25) is 0 Å². The van der Waals surface area contributed by atoms with E-state index in [2.05, 4.69) is 4.72 Å². The molecule has 0 aliphatic carbocycles. The third-order valence-corrected chi connectivity index (χ3v) is 4.45. The highest BCUT2D eigenvalue weighted by Gasteiger charge is 2.16. The highest BCUT2D eigenvalue weighted by molar-refractivity contribution is 7.88. The molecule has 27 heavy (non-hydrogen) atoms. The second-order valence-electron chi connectivity index (χ2n) is 6.05. The predicted molar refractivity (Wildman–Crippen MR) is 101 cm³/mol. The molecule has 0 fully saturated rings. The topological polar surface area (TPSA) is 116 Å². The fraction of sp³-hybridized carbons (Fsp3) is 0.278. The first-order valence-corrected chi connectivity index (χ1v) is 9.99. The number of nitro groups is 1. The van der Waals surface area contributed by atoms with E-state index in [0.29, 0.717) is 12.0 Å². The van der Waals surface area contributed by atoms with E-state index in [1.54, 1.807) is 37.3 Å². The number of hydrogen-bond donors (Lipinski definition) is 1. The normalized spacial score (nSPS) is 11.2. The van der Waals surface area contributed by atoms with Crippen LogP contribution < -0.4 is 9.46 Å². The second-order valence-corrected chi connectivity index (χ2v) is 7.89. The van der Waals surface area contributed by atoms with Crippen molar-refractivity contribution in [2.75, 3.05) is 19.4 Å². The van der Waals surface area contributed by atoms with Crippen LogP contribution in [0.5, 0.6) is 5.75 Å². The Hall–Kier alpha value is -2.78. The molecule has 0 bridgehead atoms. The molecule has 0 atom stereocenters. The average Bonchev–Trinajstić information content (AvgIpc) is 2.59. The molecule has 0 radical (unpaired) electrons. The van der Waals surface area contributed by atoms with Gasteiger partial charge in [-0.05, 0) is 30.5 Å². The summed E-state index contributed by atoms with van der Waals surface area (Å²) in [7, 11) is -3.23. The molecule has 144 valence electrons. The van der Waals surface area contributed by atoms with E-state index in [1.807, 2.05) is 0 Å². The molecular weight excluding hydrogens is 372 g/mol. The molecule has 9 heteroatoms. The summed E-state index contributed by atoms with van der Waals surface area (Å²) in [6, 6.07) is 11.2. The van der Waals surface area contributed by atoms with Gasteiger partial charge in [-0.3, -0.25) is 14.9 Å². The summed E-state index contributed by atoms with van der Waals surface area (Å²) in [5, 5.41) is 11.1. The number of sulfonamides is 1. The number of nitrogens with zero attached hydrogens (tertiary/aromatic N) is 1. The molecule has 0 aliphatic rings. The number of ether oxygens (including phenoxy) is 1. The maximum atomic E-state index is 12.2. The van der Waals surface area contributed by atoms with E-state index in [4.69, 9.17) is 4.74 Å². The molecule has 2 aromatic carbocycles. The predicted octanol–water partition coefficient (Wildman–Crippen LogP) is 2.26. The number of nitro benzene ring substituents is 1. The summed E-state index contributed by atoms with van der Waals surface area (Å²) < 4.78 is 29.8. The number of rotatable bonds is 9. The molecule has 0 spiro atoms. The molecule has 1 N–H and O–H groups in total. The van der Waals surface area contributed by atoms with Crippen LogP contribution in [-0.4, -0.2) is 38.5 Å². The van der Waals surface area contributed by atoms with Crippen molar-refractivity contribution in [2.24, 2.45) is 0 Å². The van der Waals surface area contributed by atoms with E-state index in [-0.39, 0.29) is 30.4 Å². The zero-order valence-corrected chi connectivity index (χ0v) is 15.8. The van der Waals surface area contributed by atoms with Crippen molar-refractivity contribution in [3.05, 3.63) is 69.3 Å². The van der Waals surface area contributed by atoms with E-state index < -0.39 is 14.9 Å². The Bertz CT molecular complexity index is 939. The maximum Gasteiger partial charge on any atom is 0.311 e. The Morgan fingerprint density at radius 2 is 1.85 bits per heavy atom. The van der Waals surface area contributed by atoms with Crippen molar-refractivity contribution in [1.82, 2.24) is 4.72 Å². The van der Waals surface area contributed by atoms with Gasteiger partial charge in [-0.25, -0.2) is 13.1 Å². The van der Waals surface area contributed by atoms with Crippen LogP contribution in [0.1, 0.15) is 21.5 Å². The molecular formula is C18H20N2O6S. The number of carbonyl (C=O) groups is 1. The third kappa shape index (κ3) is 6.46. The first kappa shape index (κ1) is 20.5.